The van der Waals surface area contributed by atoms with E-state index in [1.54, 1.807) is 11.1 Å². The predicted octanol–water partition coefficient (Wildman–Crippen LogP) is 17.7. The van der Waals surface area contributed by atoms with Gasteiger partial charge in [0.25, 0.3) is 0 Å². The summed E-state index contributed by atoms with van der Waals surface area (Å²) in [4.78, 5) is 0. The van der Waals surface area contributed by atoms with Gasteiger partial charge >= 0.3 is 370 Å². The standard InChI is InChI=1S/2C23H27.C10H18Si.2CH3.Hf/c2*1-22(2,3)18-13-17(14-19(15-18)23(4,5)6)21-12-8-10-16-9-7-11-20(16)21;1-2-6-9(5-1)11-10-7-3-4-8-10;;;/h2*7-15H,1-6H3;9-10H,1-8H2;2*1H3;. The SMILES string of the molecule is CC(C)(C)c1cc(-c2cccc3c2C=C[CH]3[Hf]([CH3])([CH3])([CH]2C=Cc3c(-c4cc(C(C)(C)C)cc(C(C)(C)C)c4)cccc32)=[Si](C2CCCC2)C2CCCC2)cc(C(C)(C)C)c1. The van der Waals surface area contributed by atoms with Crippen LogP contribution in [0.5, 0.6) is 0 Å². The van der Waals surface area contributed by atoms with E-state index in [-0.39, 0.29) is 21.7 Å². The van der Waals surface area contributed by atoms with Gasteiger partial charge in [-0.1, -0.05) is 0 Å². The van der Waals surface area contributed by atoms with E-state index in [1.807, 2.05) is 0 Å². The third-order valence-corrected chi connectivity index (χ3v) is 71.9. The van der Waals surface area contributed by atoms with Crippen LogP contribution in [0, 0.1) is 0 Å². The summed E-state index contributed by atoms with van der Waals surface area (Å²) in [5, 5.41) is 0. The summed E-state index contributed by atoms with van der Waals surface area (Å²) in [6, 6.07) is 30.0. The van der Waals surface area contributed by atoms with Gasteiger partial charge in [0.2, 0.25) is 0 Å². The van der Waals surface area contributed by atoms with Gasteiger partial charge in [-0.3, -0.25) is 0 Å². The minimum atomic E-state index is -4.20. The molecule has 318 valence electrons. The van der Waals surface area contributed by atoms with E-state index >= 15 is 0 Å². The summed E-state index contributed by atoms with van der Waals surface area (Å²) in [6.07, 6.45) is 22.6. The first-order valence-electron chi connectivity index (χ1n) is 24.0. The van der Waals surface area contributed by atoms with Crippen molar-refractivity contribution in [3.8, 4) is 22.3 Å². The van der Waals surface area contributed by atoms with Gasteiger partial charge in [-0.15, -0.1) is 0 Å². The summed E-state index contributed by atoms with van der Waals surface area (Å²) in [7, 11) is 0. The van der Waals surface area contributed by atoms with Crippen LogP contribution >= 0.6 is 0 Å². The number of benzene rings is 4. The Hall–Kier alpha value is -2.55. The van der Waals surface area contributed by atoms with E-state index in [9.17, 15) is 0 Å². The Kier molecular flexibility index (Phi) is 11.2. The van der Waals surface area contributed by atoms with Gasteiger partial charge in [0.1, 0.15) is 0 Å². The average Bonchev–Trinajstić information content (AvgIpc) is 4.01. The molecule has 0 radical (unpaired) electrons. The zero-order chi connectivity index (χ0) is 43.2. The van der Waals surface area contributed by atoms with Crippen LogP contribution < -0.4 is 0 Å². The first-order chi connectivity index (χ1) is 28.0. The molecule has 2 atom stereocenters. The normalized spacial score (nSPS) is 20.3. The van der Waals surface area contributed by atoms with E-state index in [2.05, 4.69) is 190 Å². The van der Waals surface area contributed by atoms with E-state index in [4.69, 9.17) is 0 Å². The zero-order valence-electron chi connectivity index (χ0n) is 40.2. The Labute approximate surface area is 367 Å². The second-order valence-electron chi connectivity index (χ2n) is 24.9. The summed E-state index contributed by atoms with van der Waals surface area (Å²) in [5.74, 6) is 0. The monoisotopic (exact) mass is 983 g/mol. The fourth-order valence-corrected chi connectivity index (χ4v) is 79.6. The summed E-state index contributed by atoms with van der Waals surface area (Å²) in [5.41, 5.74) is 19.3. The molecule has 0 bridgehead atoms. The molecule has 0 aromatic heterocycles. The van der Waals surface area contributed by atoms with Crippen molar-refractivity contribution in [3.05, 3.63) is 129 Å². The Morgan fingerprint density at radius 1 is 0.450 bits per heavy atom. The van der Waals surface area contributed by atoms with Crippen LogP contribution in [-0.4, -0.2) is 5.49 Å². The van der Waals surface area contributed by atoms with E-state index in [0.717, 1.165) is 11.1 Å². The Balaban J connectivity index is 1.37. The molecular weight excluding hydrogens is 903 g/mol. The molecule has 4 aromatic carbocycles. The maximum absolute atomic E-state index is 4.20. The maximum atomic E-state index is 3.06. The van der Waals surface area contributed by atoms with Crippen LogP contribution in [0.2, 0.25) is 20.4 Å². The molecule has 0 nitrogen and oxygen atoms in total. The van der Waals surface area contributed by atoms with Crippen molar-refractivity contribution >= 4 is 17.6 Å². The van der Waals surface area contributed by atoms with Crippen molar-refractivity contribution in [2.45, 2.75) is 184 Å². The number of hydrogen-bond acceptors (Lipinski definition) is 0. The number of allylic oxidation sites excluding steroid dienone is 2. The van der Waals surface area contributed by atoms with Crippen molar-refractivity contribution < 1.29 is 17.1 Å². The molecule has 0 N–H and O–H groups in total. The Morgan fingerprint density at radius 2 is 0.767 bits per heavy atom. The molecule has 0 amide bonds. The first-order valence-corrected chi connectivity index (χ1v) is 42.4. The molecular formula is C58H78HfSi. The van der Waals surface area contributed by atoms with Crippen molar-refractivity contribution in [2.24, 2.45) is 0 Å². The summed E-state index contributed by atoms with van der Waals surface area (Å²) < 4.78 is 7.23. The number of fused-ring (bicyclic) bond motifs is 2. The fraction of sp³-hybridized carbons (Fsp3) is 0.517. The molecule has 4 aliphatic carbocycles. The molecule has 4 aromatic rings. The summed E-state index contributed by atoms with van der Waals surface area (Å²) in [6.45, 7) is 28.5. The van der Waals surface area contributed by atoms with E-state index in [1.165, 1.54) is 107 Å². The zero-order valence-corrected chi connectivity index (χ0v) is 44.8. The molecule has 0 saturated heterocycles. The van der Waals surface area contributed by atoms with Crippen molar-refractivity contribution in [3.63, 3.8) is 0 Å². The van der Waals surface area contributed by atoms with Gasteiger partial charge < -0.3 is 0 Å². The van der Waals surface area contributed by atoms with Crippen molar-refractivity contribution in [1.29, 1.82) is 0 Å². The second-order valence-corrected chi connectivity index (χ2v) is 69.8. The minimum absolute atomic E-state index is 0.0820. The van der Waals surface area contributed by atoms with Gasteiger partial charge in [-0.2, -0.15) is 0 Å². The third kappa shape index (κ3) is 7.77. The van der Waals surface area contributed by atoms with Crippen LogP contribution in [0.1, 0.15) is 186 Å². The van der Waals surface area contributed by atoms with Crippen LogP contribution in [0.15, 0.2) is 84.9 Å². The number of rotatable bonds is 6. The van der Waals surface area contributed by atoms with E-state index < -0.39 is 22.6 Å². The second kappa shape index (κ2) is 15.3. The van der Waals surface area contributed by atoms with Gasteiger partial charge in [-0.05, 0) is 0 Å². The van der Waals surface area contributed by atoms with Crippen LogP contribution in [0.3, 0.4) is 0 Å². The molecule has 2 unspecified atom stereocenters. The number of hydrogen-bond donors (Lipinski definition) is 0. The molecule has 4 aliphatic rings. The topological polar surface area (TPSA) is 0 Å². The molecule has 0 heterocycles. The van der Waals surface area contributed by atoms with Crippen molar-refractivity contribution in [2.75, 3.05) is 0 Å². The van der Waals surface area contributed by atoms with Crippen LogP contribution in [0.4, 0.5) is 0 Å². The molecule has 2 fully saturated rings. The molecule has 2 saturated carbocycles. The van der Waals surface area contributed by atoms with Gasteiger partial charge in [-0.25, -0.2) is 0 Å². The van der Waals surface area contributed by atoms with Gasteiger partial charge in [0.05, 0.1) is 0 Å². The quantitative estimate of drug-likeness (QED) is 0.169. The Bertz CT molecular complexity index is 2210. The fourth-order valence-electron chi connectivity index (χ4n) is 12.7. The van der Waals surface area contributed by atoms with Crippen molar-refractivity contribution in [1.82, 2.24) is 0 Å². The molecule has 2 heteroatoms. The molecule has 0 spiro atoms. The molecule has 0 aliphatic heterocycles. The average molecular weight is 982 g/mol. The first kappa shape index (κ1) is 44.1. The molecule has 60 heavy (non-hydrogen) atoms. The summed E-state index contributed by atoms with van der Waals surface area (Å²) >= 11 is -4.20. The third-order valence-electron chi connectivity index (χ3n) is 16.2. The Morgan fingerprint density at radius 3 is 1.07 bits per heavy atom. The van der Waals surface area contributed by atoms with Crippen LogP contribution in [0.25, 0.3) is 34.4 Å². The van der Waals surface area contributed by atoms with Crippen LogP contribution in [-0.2, 0) is 38.8 Å². The predicted molar refractivity (Wildman–Crippen MR) is 264 cm³/mol. The van der Waals surface area contributed by atoms with Gasteiger partial charge in [0, 0.05) is 0 Å². The molecule has 8 rings (SSSR count). The van der Waals surface area contributed by atoms with Gasteiger partial charge in [0.15, 0.2) is 0 Å². The van der Waals surface area contributed by atoms with E-state index in [0.29, 0.717) is 7.35 Å².